The molecule has 1 fully saturated rings. The van der Waals surface area contributed by atoms with E-state index in [4.69, 9.17) is 23.2 Å². The first-order chi connectivity index (χ1) is 17.8. The second kappa shape index (κ2) is 12.1. The van der Waals surface area contributed by atoms with Crippen molar-refractivity contribution in [3.8, 4) is 0 Å². The highest BCUT2D eigenvalue weighted by atomic mass is 35.5. The van der Waals surface area contributed by atoms with Gasteiger partial charge in [0.15, 0.2) is 11.5 Å². The maximum atomic E-state index is 14.3. The average Bonchev–Trinajstić information content (AvgIpc) is 3.29. The van der Waals surface area contributed by atoms with Crippen molar-refractivity contribution in [1.29, 1.82) is 0 Å². The molecule has 0 bridgehead atoms. The van der Waals surface area contributed by atoms with E-state index in [0.29, 0.717) is 12.8 Å². The van der Waals surface area contributed by atoms with Crippen molar-refractivity contribution in [2.75, 3.05) is 13.1 Å². The number of nitrogens with zero attached hydrogens (tertiary/aromatic N) is 3. The number of aromatic nitrogens is 2. The minimum Gasteiger partial charge on any atom is -0.481 e. The summed E-state index contributed by atoms with van der Waals surface area (Å²) in [7, 11) is 0. The maximum absolute atomic E-state index is 14.3. The summed E-state index contributed by atoms with van der Waals surface area (Å²) in [6, 6.07) is 3.78. The summed E-state index contributed by atoms with van der Waals surface area (Å²) >= 11 is 12.3. The molecule has 0 atom stereocenters. The summed E-state index contributed by atoms with van der Waals surface area (Å²) < 4.78 is 43.7. The van der Waals surface area contributed by atoms with Crippen molar-refractivity contribution in [1.82, 2.24) is 14.7 Å². The van der Waals surface area contributed by atoms with E-state index in [2.05, 4.69) is 5.10 Å². The van der Waals surface area contributed by atoms with Crippen molar-refractivity contribution in [3.05, 3.63) is 51.3 Å². The molecule has 3 rings (SSSR count). The van der Waals surface area contributed by atoms with Gasteiger partial charge in [0.05, 0.1) is 45.4 Å². The van der Waals surface area contributed by atoms with Crippen LogP contribution in [0.5, 0.6) is 0 Å². The quantitative estimate of drug-likeness (QED) is 0.245. The van der Waals surface area contributed by atoms with Crippen LogP contribution in [0.15, 0.2) is 24.4 Å². The molecule has 1 amide bonds. The van der Waals surface area contributed by atoms with E-state index in [1.165, 1.54) is 12.1 Å². The Hall–Kier alpha value is -2.59. The number of benzene rings is 1. The fourth-order valence-corrected chi connectivity index (χ4v) is 5.38. The van der Waals surface area contributed by atoms with Crippen LogP contribution in [0.2, 0.25) is 10.0 Å². The number of aliphatic carboxylic acids is 1. The van der Waals surface area contributed by atoms with Gasteiger partial charge in [0.1, 0.15) is 0 Å². The van der Waals surface area contributed by atoms with Crippen LogP contribution >= 0.6 is 23.2 Å². The molecule has 12 heteroatoms. The van der Waals surface area contributed by atoms with E-state index in [1.54, 1.807) is 13.0 Å². The van der Waals surface area contributed by atoms with Crippen molar-refractivity contribution in [3.63, 3.8) is 0 Å². The second-order valence-electron chi connectivity index (χ2n) is 9.90. The van der Waals surface area contributed by atoms with Gasteiger partial charge in [-0.2, -0.15) is 18.3 Å². The molecule has 2 aromatic rings. The Bertz CT molecular complexity index is 1170. The number of carboxylic acids is 1. The molecule has 0 radical (unpaired) electrons. The Balaban J connectivity index is 1.94. The van der Waals surface area contributed by atoms with Crippen LogP contribution in [-0.2, 0) is 11.0 Å². The third-order valence-corrected chi connectivity index (χ3v) is 7.74. The second-order valence-corrected chi connectivity index (χ2v) is 10.7. The van der Waals surface area contributed by atoms with Gasteiger partial charge in [0.2, 0.25) is 0 Å². The molecule has 208 valence electrons. The highest BCUT2D eigenvalue weighted by molar-refractivity contribution is 6.40. The molecule has 7 nitrogen and oxygen atoms in total. The lowest BCUT2D eigenvalue weighted by Crippen LogP contribution is -2.38. The summed E-state index contributed by atoms with van der Waals surface area (Å²) in [5.41, 5.74) is -2.87. The lowest BCUT2D eigenvalue weighted by Gasteiger charge is -2.34. The minimum absolute atomic E-state index is 0.000417. The van der Waals surface area contributed by atoms with Gasteiger partial charge in [0, 0.05) is 6.54 Å². The number of ketones is 1. The molecule has 1 aliphatic rings. The zero-order valence-electron chi connectivity index (χ0n) is 21.2. The van der Waals surface area contributed by atoms with Crippen LogP contribution < -0.4 is 0 Å². The predicted octanol–water partition coefficient (Wildman–Crippen LogP) is 6.93. The van der Waals surface area contributed by atoms with Gasteiger partial charge in [-0.25, -0.2) is 0 Å². The fourth-order valence-electron chi connectivity index (χ4n) is 4.77. The molecule has 1 heterocycles. The number of Topliss-reactive ketones (excluding diaryl/α,β-unsaturated/α-hetero) is 1. The van der Waals surface area contributed by atoms with E-state index >= 15 is 0 Å². The standard InChI is InChI=1S/C26H30Cl2F3N3O4/c1-3-4-5-13-33(15-20(35)21-18(27)7-6-8-19(21)28)23(36)17-14-32-34(22(17)26(29,30)31)16-9-11-25(2,12-10-16)24(37)38/h6-8,14,16H,3-5,9-13,15H2,1-2H3,(H,37,38)/t16-,25-. The van der Waals surface area contributed by atoms with Crippen LogP contribution in [0.1, 0.15) is 91.2 Å². The van der Waals surface area contributed by atoms with Crippen LogP contribution in [-0.4, -0.2) is 50.5 Å². The molecule has 0 saturated heterocycles. The Kier molecular flexibility index (Phi) is 9.52. The SMILES string of the molecule is CCCCCN(CC(=O)c1c(Cl)cccc1Cl)C(=O)c1cnn([C@H]2CC[C@](C)(C(=O)O)CC2)c1C(F)(F)F. The monoisotopic (exact) mass is 575 g/mol. The minimum atomic E-state index is -4.90. The lowest BCUT2D eigenvalue weighted by molar-refractivity contribution is -0.152. The molecular weight excluding hydrogens is 546 g/mol. The van der Waals surface area contributed by atoms with Gasteiger partial charge in [-0.05, 0) is 51.2 Å². The summed E-state index contributed by atoms with van der Waals surface area (Å²) in [6.45, 7) is 3.06. The highest BCUT2D eigenvalue weighted by Gasteiger charge is 2.45. The predicted molar refractivity (Wildman–Crippen MR) is 137 cm³/mol. The molecule has 1 N–H and O–H groups in total. The summed E-state index contributed by atoms with van der Waals surface area (Å²) in [5.74, 6) is -2.55. The number of carbonyl (C=O) groups is 3. The first kappa shape index (κ1) is 30.0. The van der Waals surface area contributed by atoms with E-state index in [-0.39, 0.29) is 47.8 Å². The molecule has 1 aromatic carbocycles. The van der Waals surface area contributed by atoms with Crippen LogP contribution in [0.25, 0.3) is 0 Å². The number of amides is 1. The topological polar surface area (TPSA) is 92.5 Å². The number of halogens is 5. The zero-order valence-corrected chi connectivity index (χ0v) is 22.7. The normalized spacial score (nSPS) is 19.8. The summed E-state index contributed by atoms with van der Waals surface area (Å²) in [4.78, 5) is 39.2. The summed E-state index contributed by atoms with van der Waals surface area (Å²) in [6.07, 6.45) is -1.31. The largest absolute Gasteiger partial charge is 0.481 e. The number of carbonyl (C=O) groups excluding carboxylic acids is 2. The van der Waals surface area contributed by atoms with Crippen molar-refractivity contribution < 1.29 is 32.7 Å². The average molecular weight is 576 g/mol. The van der Waals surface area contributed by atoms with Gasteiger partial charge in [-0.1, -0.05) is 49.0 Å². The Morgan fingerprint density at radius 2 is 1.76 bits per heavy atom. The molecular formula is C26H30Cl2F3N3O4. The third kappa shape index (κ3) is 6.51. The first-order valence-corrected chi connectivity index (χ1v) is 13.2. The molecule has 1 aliphatic carbocycles. The Labute approximate surface area is 228 Å². The smallest absolute Gasteiger partial charge is 0.433 e. The molecule has 0 aliphatic heterocycles. The van der Waals surface area contributed by atoms with Crippen LogP contribution in [0.3, 0.4) is 0 Å². The molecule has 0 unspecified atom stereocenters. The Morgan fingerprint density at radius 3 is 2.29 bits per heavy atom. The fraction of sp³-hybridized carbons (Fsp3) is 0.538. The van der Waals surface area contributed by atoms with Gasteiger partial charge in [-0.15, -0.1) is 0 Å². The highest BCUT2D eigenvalue weighted by Crippen LogP contribution is 2.43. The van der Waals surface area contributed by atoms with E-state index < -0.39 is 53.1 Å². The zero-order chi connectivity index (χ0) is 28.3. The van der Waals surface area contributed by atoms with E-state index in [0.717, 1.165) is 22.2 Å². The van der Waals surface area contributed by atoms with Gasteiger partial charge < -0.3 is 10.0 Å². The molecule has 38 heavy (non-hydrogen) atoms. The van der Waals surface area contributed by atoms with Crippen molar-refractivity contribution in [2.45, 2.75) is 71.0 Å². The number of carboxylic acid groups (broad SMARTS) is 1. The lowest BCUT2D eigenvalue weighted by atomic mass is 9.74. The van der Waals surface area contributed by atoms with Gasteiger partial charge >= 0.3 is 12.1 Å². The molecule has 0 spiro atoms. The summed E-state index contributed by atoms with van der Waals surface area (Å²) in [5, 5.41) is 13.6. The van der Waals surface area contributed by atoms with E-state index in [9.17, 15) is 32.7 Å². The molecule has 1 aromatic heterocycles. The number of rotatable bonds is 10. The van der Waals surface area contributed by atoms with Gasteiger partial charge in [0.25, 0.3) is 5.91 Å². The van der Waals surface area contributed by atoms with Crippen molar-refractivity contribution >= 4 is 40.9 Å². The number of hydrogen-bond acceptors (Lipinski definition) is 4. The first-order valence-electron chi connectivity index (χ1n) is 12.4. The van der Waals surface area contributed by atoms with Crippen molar-refractivity contribution in [2.24, 2.45) is 5.41 Å². The third-order valence-electron chi connectivity index (χ3n) is 7.11. The number of hydrogen-bond donors (Lipinski definition) is 1. The number of alkyl halides is 3. The van der Waals surface area contributed by atoms with Crippen LogP contribution in [0.4, 0.5) is 13.2 Å². The number of unbranched alkanes of at least 4 members (excludes halogenated alkanes) is 2. The maximum Gasteiger partial charge on any atom is 0.433 e. The Morgan fingerprint density at radius 1 is 1.16 bits per heavy atom. The van der Waals surface area contributed by atoms with Crippen LogP contribution in [0, 0.1) is 5.41 Å². The molecule has 1 saturated carbocycles. The van der Waals surface area contributed by atoms with E-state index in [1.807, 2.05) is 6.92 Å². The van der Waals surface area contributed by atoms with Gasteiger partial charge in [-0.3, -0.25) is 19.1 Å².